The maximum Gasteiger partial charge on any atom is 0.133 e. The summed E-state index contributed by atoms with van der Waals surface area (Å²) in [7, 11) is 0. The first-order valence-corrected chi connectivity index (χ1v) is 6.42. The minimum absolute atomic E-state index is 0.997. The van der Waals surface area contributed by atoms with E-state index in [0.29, 0.717) is 0 Å². The Morgan fingerprint density at radius 2 is 1.67 bits per heavy atom. The summed E-state index contributed by atoms with van der Waals surface area (Å²) in [4.78, 5) is 0. The molecule has 0 N–H and O–H groups in total. The van der Waals surface area contributed by atoms with E-state index in [1.54, 1.807) is 0 Å². The van der Waals surface area contributed by atoms with Crippen molar-refractivity contribution in [1.82, 2.24) is 0 Å². The van der Waals surface area contributed by atoms with Crippen LogP contribution in [-0.2, 0) is 6.42 Å². The van der Waals surface area contributed by atoms with Gasteiger partial charge in [0.25, 0.3) is 0 Å². The highest BCUT2D eigenvalue weighted by Gasteiger charge is 2.21. The second kappa shape index (κ2) is 3.88. The number of fused-ring (bicyclic) bond motifs is 1. The van der Waals surface area contributed by atoms with Crippen LogP contribution in [0.5, 0.6) is 0 Å². The number of allylic oxidation sites excluding steroid dienone is 1. The van der Waals surface area contributed by atoms with Crippen LogP contribution in [-0.4, -0.2) is 0 Å². The van der Waals surface area contributed by atoms with E-state index in [4.69, 9.17) is 4.42 Å². The van der Waals surface area contributed by atoms with Crippen LogP contribution >= 0.6 is 0 Å². The molecule has 1 aromatic carbocycles. The Labute approximate surface area is 108 Å². The Morgan fingerprint density at radius 3 is 2.28 bits per heavy atom. The SMILES string of the molecule is Cc1coc(C2=Cc3c(C)ccc(C)c3C2)c1C. The van der Waals surface area contributed by atoms with Gasteiger partial charge in [-0.05, 0) is 67.2 Å². The minimum atomic E-state index is 0.997. The first-order valence-electron chi connectivity index (χ1n) is 6.42. The standard InChI is InChI=1S/C17H18O/c1-10-5-6-11(2)16-8-14(7-15(10)16)17-13(4)12(3)9-18-17/h5-7,9H,8H2,1-4H3. The average molecular weight is 238 g/mol. The van der Waals surface area contributed by atoms with E-state index in [2.05, 4.69) is 45.9 Å². The fraction of sp³-hybridized carbons (Fsp3) is 0.294. The van der Waals surface area contributed by atoms with E-state index in [-0.39, 0.29) is 0 Å². The summed E-state index contributed by atoms with van der Waals surface area (Å²) < 4.78 is 5.72. The van der Waals surface area contributed by atoms with Crippen LogP contribution in [0.1, 0.15) is 39.1 Å². The van der Waals surface area contributed by atoms with Gasteiger partial charge in [0.05, 0.1) is 6.26 Å². The predicted octanol–water partition coefficient (Wildman–Crippen LogP) is 4.61. The third-order valence-electron chi connectivity index (χ3n) is 4.07. The number of furan rings is 1. The second-order valence-corrected chi connectivity index (χ2v) is 5.31. The monoisotopic (exact) mass is 238 g/mol. The minimum Gasteiger partial charge on any atom is -0.464 e. The van der Waals surface area contributed by atoms with Crippen LogP contribution in [0.15, 0.2) is 22.8 Å². The van der Waals surface area contributed by atoms with E-state index in [9.17, 15) is 0 Å². The molecule has 1 aliphatic rings. The fourth-order valence-corrected chi connectivity index (χ4v) is 2.71. The van der Waals surface area contributed by atoms with Crippen molar-refractivity contribution >= 4 is 11.6 Å². The molecule has 0 saturated carbocycles. The van der Waals surface area contributed by atoms with Crippen molar-refractivity contribution < 1.29 is 4.42 Å². The molecule has 0 saturated heterocycles. The van der Waals surface area contributed by atoms with Crippen LogP contribution in [0.3, 0.4) is 0 Å². The summed E-state index contributed by atoms with van der Waals surface area (Å²) in [6.07, 6.45) is 5.15. The van der Waals surface area contributed by atoms with Crippen molar-refractivity contribution in [3.63, 3.8) is 0 Å². The van der Waals surface area contributed by atoms with E-state index in [1.165, 1.54) is 39.0 Å². The highest BCUT2D eigenvalue weighted by atomic mass is 16.3. The third-order valence-corrected chi connectivity index (χ3v) is 4.07. The lowest BCUT2D eigenvalue weighted by atomic mass is 9.99. The van der Waals surface area contributed by atoms with Gasteiger partial charge >= 0.3 is 0 Å². The van der Waals surface area contributed by atoms with Crippen LogP contribution in [0.25, 0.3) is 11.6 Å². The zero-order valence-electron chi connectivity index (χ0n) is 11.4. The summed E-state index contributed by atoms with van der Waals surface area (Å²) in [6, 6.07) is 4.42. The molecule has 1 nitrogen and oxygen atoms in total. The van der Waals surface area contributed by atoms with Gasteiger partial charge in [0, 0.05) is 12.0 Å². The van der Waals surface area contributed by atoms with Crippen LogP contribution < -0.4 is 0 Å². The summed E-state index contributed by atoms with van der Waals surface area (Å²) in [5.41, 5.74) is 9.39. The van der Waals surface area contributed by atoms with E-state index >= 15 is 0 Å². The Bertz CT molecular complexity index is 656. The van der Waals surface area contributed by atoms with Gasteiger partial charge in [-0.2, -0.15) is 0 Å². The quantitative estimate of drug-likeness (QED) is 0.707. The molecular weight excluding hydrogens is 220 g/mol. The van der Waals surface area contributed by atoms with Gasteiger partial charge in [0.1, 0.15) is 5.76 Å². The van der Waals surface area contributed by atoms with E-state index < -0.39 is 0 Å². The number of hydrogen-bond acceptors (Lipinski definition) is 1. The lowest BCUT2D eigenvalue weighted by molar-refractivity contribution is 0.548. The summed E-state index contributed by atoms with van der Waals surface area (Å²) >= 11 is 0. The van der Waals surface area contributed by atoms with Crippen molar-refractivity contribution in [2.45, 2.75) is 34.1 Å². The number of benzene rings is 1. The molecule has 18 heavy (non-hydrogen) atoms. The largest absolute Gasteiger partial charge is 0.464 e. The Balaban J connectivity index is 2.11. The van der Waals surface area contributed by atoms with Gasteiger partial charge < -0.3 is 4.42 Å². The van der Waals surface area contributed by atoms with Crippen molar-refractivity contribution in [3.05, 3.63) is 57.5 Å². The molecule has 0 atom stereocenters. The van der Waals surface area contributed by atoms with Crippen LogP contribution in [0, 0.1) is 27.7 Å². The molecule has 0 unspecified atom stereocenters. The topological polar surface area (TPSA) is 13.1 Å². The van der Waals surface area contributed by atoms with E-state index in [0.717, 1.165) is 12.2 Å². The van der Waals surface area contributed by atoms with Crippen molar-refractivity contribution in [3.8, 4) is 0 Å². The molecule has 92 valence electrons. The number of aryl methyl sites for hydroxylation is 3. The van der Waals surface area contributed by atoms with Crippen molar-refractivity contribution in [1.29, 1.82) is 0 Å². The second-order valence-electron chi connectivity index (χ2n) is 5.31. The zero-order valence-corrected chi connectivity index (χ0v) is 11.4. The fourth-order valence-electron chi connectivity index (χ4n) is 2.71. The molecule has 0 spiro atoms. The third kappa shape index (κ3) is 1.54. The number of rotatable bonds is 1. The molecule has 1 heteroatoms. The summed E-state index contributed by atoms with van der Waals surface area (Å²) in [5.74, 6) is 1.06. The molecule has 0 fully saturated rings. The Kier molecular flexibility index (Phi) is 2.44. The van der Waals surface area contributed by atoms with Crippen LogP contribution in [0.4, 0.5) is 0 Å². The smallest absolute Gasteiger partial charge is 0.133 e. The molecule has 0 bridgehead atoms. The maximum atomic E-state index is 5.72. The van der Waals surface area contributed by atoms with Gasteiger partial charge in [-0.15, -0.1) is 0 Å². The first-order chi connectivity index (χ1) is 8.58. The maximum absolute atomic E-state index is 5.72. The normalized spacial score (nSPS) is 13.7. The predicted molar refractivity (Wildman–Crippen MR) is 75.7 cm³/mol. The molecule has 2 aromatic rings. The average Bonchev–Trinajstić information content (AvgIpc) is 2.91. The molecule has 0 aliphatic heterocycles. The Hall–Kier alpha value is -1.76. The van der Waals surface area contributed by atoms with Crippen molar-refractivity contribution in [2.24, 2.45) is 0 Å². The molecule has 1 heterocycles. The highest BCUT2D eigenvalue weighted by Crippen LogP contribution is 2.37. The highest BCUT2D eigenvalue weighted by molar-refractivity contribution is 5.89. The van der Waals surface area contributed by atoms with Gasteiger partial charge in [0.15, 0.2) is 0 Å². The summed E-state index contributed by atoms with van der Waals surface area (Å²) in [6.45, 7) is 8.60. The zero-order chi connectivity index (χ0) is 12.9. The molecular formula is C17H18O. The lowest BCUT2D eigenvalue weighted by Gasteiger charge is -2.06. The molecule has 1 aromatic heterocycles. The molecule has 1 aliphatic carbocycles. The first kappa shape index (κ1) is 11.3. The van der Waals surface area contributed by atoms with Crippen molar-refractivity contribution in [2.75, 3.05) is 0 Å². The molecule has 3 rings (SSSR count). The lowest BCUT2D eigenvalue weighted by Crippen LogP contribution is -1.91. The van der Waals surface area contributed by atoms with Gasteiger partial charge in [-0.3, -0.25) is 0 Å². The van der Waals surface area contributed by atoms with Gasteiger partial charge in [-0.25, -0.2) is 0 Å². The van der Waals surface area contributed by atoms with Crippen LogP contribution in [0.2, 0.25) is 0 Å². The van der Waals surface area contributed by atoms with E-state index in [1.807, 2.05) is 6.26 Å². The van der Waals surface area contributed by atoms with Gasteiger partial charge in [-0.1, -0.05) is 12.1 Å². The number of hydrogen-bond donors (Lipinski definition) is 0. The molecule has 0 amide bonds. The summed E-state index contributed by atoms with van der Waals surface area (Å²) in [5, 5.41) is 0. The Morgan fingerprint density at radius 1 is 0.944 bits per heavy atom. The molecule has 0 radical (unpaired) electrons. The van der Waals surface area contributed by atoms with Gasteiger partial charge in [0.2, 0.25) is 0 Å².